The molecule has 3 aliphatic rings. The quantitative estimate of drug-likeness (QED) is 0.119. The van der Waals surface area contributed by atoms with Gasteiger partial charge in [-0.3, -0.25) is 20.0 Å². The first-order valence-electron chi connectivity index (χ1n) is 16.0. The van der Waals surface area contributed by atoms with E-state index >= 15 is 0 Å². The largest absolute Gasteiger partial charge is 0.378 e. The number of nitrogens with one attached hydrogen (secondary N) is 3. The lowest BCUT2D eigenvalue weighted by Gasteiger charge is -2.34. The summed E-state index contributed by atoms with van der Waals surface area (Å²) in [6.45, 7) is 6.99. The molecule has 6 rings (SSSR count). The molecule has 0 bridgehead atoms. The molecule has 46 heavy (non-hydrogen) atoms. The van der Waals surface area contributed by atoms with Crippen molar-refractivity contribution in [1.82, 2.24) is 34.9 Å². The number of hydrogen-bond acceptors (Lipinski definition) is 12. The third-order valence-corrected chi connectivity index (χ3v) is 11.4. The molecule has 0 radical (unpaired) electrons. The molecule has 1 aromatic carbocycles. The lowest BCUT2D eigenvalue weighted by molar-refractivity contribution is -0.129. The number of fused-ring (bicyclic) bond motifs is 2. The van der Waals surface area contributed by atoms with Crippen LogP contribution in [0.3, 0.4) is 0 Å². The molecule has 250 valence electrons. The van der Waals surface area contributed by atoms with Crippen molar-refractivity contribution in [2.24, 2.45) is 0 Å². The molecule has 14 nitrogen and oxygen atoms in total. The topological polar surface area (TPSA) is 169 Å². The number of H-pyrrole nitrogens is 1. The highest BCUT2D eigenvalue weighted by molar-refractivity contribution is 8.00. The number of carbonyl (C=O) groups is 1. The monoisotopic (exact) mass is 673 g/mol. The summed E-state index contributed by atoms with van der Waals surface area (Å²) in [6.07, 6.45) is 5.97. The fraction of sp³-hybridized carbons (Fsp3) is 0.600. The van der Waals surface area contributed by atoms with E-state index < -0.39 is 10.0 Å². The fourth-order valence-electron chi connectivity index (χ4n) is 6.32. The second kappa shape index (κ2) is 14.8. The van der Waals surface area contributed by atoms with Crippen LogP contribution in [0.1, 0.15) is 37.8 Å². The van der Waals surface area contributed by atoms with Gasteiger partial charge >= 0.3 is 0 Å². The van der Waals surface area contributed by atoms with Crippen molar-refractivity contribution in [2.45, 2.75) is 48.7 Å². The van der Waals surface area contributed by atoms with Gasteiger partial charge in [0, 0.05) is 76.0 Å². The van der Waals surface area contributed by atoms with Crippen LogP contribution in [0, 0.1) is 0 Å². The Morgan fingerprint density at radius 1 is 1.09 bits per heavy atom. The van der Waals surface area contributed by atoms with Gasteiger partial charge < -0.3 is 15.0 Å². The molecule has 3 aliphatic heterocycles. The van der Waals surface area contributed by atoms with Gasteiger partial charge in [0.05, 0.1) is 41.0 Å². The Morgan fingerprint density at radius 2 is 1.87 bits per heavy atom. The molecule has 1 atom stereocenters. The third kappa shape index (κ3) is 7.74. The molecule has 2 fully saturated rings. The molecular weight excluding hydrogens is 631 g/mol. The molecule has 0 spiro atoms. The molecule has 1 unspecified atom stereocenters. The minimum absolute atomic E-state index is 0.309. The number of hydroxylamine groups is 1. The maximum atomic E-state index is 12.0. The Morgan fingerprint density at radius 3 is 2.63 bits per heavy atom. The maximum absolute atomic E-state index is 12.0. The third-order valence-electron chi connectivity index (χ3n) is 8.77. The zero-order chi connectivity index (χ0) is 32.1. The average Bonchev–Trinajstić information content (AvgIpc) is 3.67. The van der Waals surface area contributed by atoms with Gasteiger partial charge in [-0.1, -0.05) is 25.0 Å². The fourth-order valence-corrected chi connectivity index (χ4v) is 8.56. The number of nitrogens with zero attached hydrogens (tertiary/aromatic N) is 6. The van der Waals surface area contributed by atoms with Crippen molar-refractivity contribution in [1.29, 1.82) is 0 Å². The van der Waals surface area contributed by atoms with Gasteiger partial charge in [0.1, 0.15) is 5.82 Å². The molecule has 1 amide bonds. The van der Waals surface area contributed by atoms with Crippen LogP contribution in [0.5, 0.6) is 0 Å². The number of rotatable bonds is 13. The summed E-state index contributed by atoms with van der Waals surface area (Å²) in [6, 6.07) is 6.07. The predicted molar refractivity (Wildman–Crippen MR) is 178 cm³/mol. The summed E-state index contributed by atoms with van der Waals surface area (Å²) in [5.74, 6) is 2.06. The van der Waals surface area contributed by atoms with Crippen molar-refractivity contribution in [3.63, 3.8) is 0 Å². The number of anilines is 2. The first kappa shape index (κ1) is 32.9. The minimum atomic E-state index is -3.16. The van der Waals surface area contributed by atoms with Gasteiger partial charge in [-0.25, -0.2) is 23.9 Å². The summed E-state index contributed by atoms with van der Waals surface area (Å²) in [7, 11) is -3.16. The van der Waals surface area contributed by atoms with Crippen LogP contribution in [-0.4, -0.2) is 126 Å². The number of piperazine rings is 1. The van der Waals surface area contributed by atoms with Gasteiger partial charge in [0.25, 0.3) is 0 Å². The van der Waals surface area contributed by atoms with E-state index in [4.69, 9.17) is 19.9 Å². The number of sulfonamides is 1. The van der Waals surface area contributed by atoms with Crippen molar-refractivity contribution in [2.75, 3.05) is 82.0 Å². The Hall–Kier alpha value is -3.02. The van der Waals surface area contributed by atoms with Crippen LogP contribution in [0.25, 0.3) is 22.3 Å². The number of amides is 1. The van der Waals surface area contributed by atoms with E-state index in [1.807, 2.05) is 23.9 Å². The van der Waals surface area contributed by atoms with Crippen LogP contribution >= 0.6 is 11.8 Å². The number of thioether (sulfide) groups is 1. The predicted octanol–water partition coefficient (Wildman–Crippen LogP) is 2.32. The second-order valence-electron chi connectivity index (χ2n) is 12.1. The number of hydrogen-bond donors (Lipinski definition) is 4. The Kier molecular flexibility index (Phi) is 10.6. The molecule has 2 saturated heterocycles. The normalized spacial score (nSPS) is 19.4. The summed E-state index contributed by atoms with van der Waals surface area (Å²) in [5, 5.41) is 21.1. The standard InChI is InChI=1S/C30H43N9O5S2/c1-46(42,43)39-13-11-37(12-14-39)20-21-19-24-27(45-21)30(38-15-17-44-18-16-38)33-28(32-24)22-7-6-8-23-26(22)29(35-34-23)31-10-5-3-2-4-9-25(40)36-41/h6-8,21,41H,2-5,9-20H2,1H3,(H,36,40)(H2,31,34,35). The van der Waals surface area contributed by atoms with E-state index in [1.54, 1.807) is 9.79 Å². The van der Waals surface area contributed by atoms with E-state index in [-0.39, 0.29) is 5.91 Å². The lowest BCUT2D eigenvalue weighted by atomic mass is 10.1. The number of benzene rings is 1. The highest BCUT2D eigenvalue weighted by atomic mass is 32.2. The SMILES string of the molecule is CS(=O)(=O)N1CCN(CC2Cc3nc(-c4cccc5[nH]nc(NCCCCCCC(=O)NO)c45)nc(N4CCOCC4)c3S2)CC1. The van der Waals surface area contributed by atoms with Crippen LogP contribution in [-0.2, 0) is 26.0 Å². The van der Waals surface area contributed by atoms with Gasteiger partial charge in [0.15, 0.2) is 11.6 Å². The second-order valence-corrected chi connectivity index (χ2v) is 15.4. The molecule has 2 aromatic heterocycles. The zero-order valence-electron chi connectivity index (χ0n) is 26.2. The van der Waals surface area contributed by atoms with Gasteiger partial charge in [-0.2, -0.15) is 9.40 Å². The summed E-state index contributed by atoms with van der Waals surface area (Å²) < 4.78 is 31.2. The summed E-state index contributed by atoms with van der Waals surface area (Å²) in [4.78, 5) is 27.4. The average molecular weight is 674 g/mol. The molecule has 0 saturated carbocycles. The Balaban J connectivity index is 1.19. The summed E-state index contributed by atoms with van der Waals surface area (Å²) >= 11 is 1.84. The van der Waals surface area contributed by atoms with Gasteiger partial charge in [0.2, 0.25) is 15.9 Å². The van der Waals surface area contributed by atoms with Crippen molar-refractivity contribution in [3.8, 4) is 11.4 Å². The number of aromatic amines is 1. The van der Waals surface area contributed by atoms with Crippen molar-refractivity contribution >= 4 is 50.2 Å². The minimum Gasteiger partial charge on any atom is -0.378 e. The van der Waals surface area contributed by atoms with Crippen LogP contribution in [0.15, 0.2) is 23.1 Å². The van der Waals surface area contributed by atoms with Crippen LogP contribution in [0.2, 0.25) is 0 Å². The van der Waals surface area contributed by atoms with Crippen molar-refractivity contribution < 1.29 is 23.2 Å². The number of morpholine rings is 1. The van der Waals surface area contributed by atoms with E-state index in [2.05, 4.69) is 31.4 Å². The number of aromatic nitrogens is 4. The lowest BCUT2D eigenvalue weighted by Crippen LogP contribution is -2.49. The first-order chi connectivity index (χ1) is 22.3. The van der Waals surface area contributed by atoms with Crippen LogP contribution in [0.4, 0.5) is 11.6 Å². The van der Waals surface area contributed by atoms with E-state index in [0.29, 0.717) is 43.8 Å². The molecular formula is C30H43N9O5S2. The molecule has 5 heterocycles. The molecule has 4 N–H and O–H groups in total. The van der Waals surface area contributed by atoms with Crippen LogP contribution < -0.4 is 15.7 Å². The van der Waals surface area contributed by atoms with E-state index in [1.165, 1.54) is 6.26 Å². The maximum Gasteiger partial charge on any atom is 0.243 e. The van der Waals surface area contributed by atoms with Gasteiger partial charge in [-0.05, 0) is 18.9 Å². The Bertz CT molecular complexity index is 1620. The van der Waals surface area contributed by atoms with E-state index in [0.717, 1.165) is 110 Å². The van der Waals surface area contributed by atoms with Crippen molar-refractivity contribution in [3.05, 3.63) is 23.9 Å². The molecule has 3 aromatic rings. The molecule has 16 heteroatoms. The first-order valence-corrected chi connectivity index (χ1v) is 18.7. The number of unbranched alkanes of at least 4 members (excludes halogenated alkanes) is 3. The number of carbonyl (C=O) groups excluding carboxylic acids is 1. The number of ether oxygens (including phenoxy) is 1. The summed E-state index contributed by atoms with van der Waals surface area (Å²) in [5.41, 5.74) is 4.57. The van der Waals surface area contributed by atoms with Gasteiger partial charge in [-0.15, -0.1) is 11.8 Å². The smallest absolute Gasteiger partial charge is 0.243 e. The van der Waals surface area contributed by atoms with E-state index in [9.17, 15) is 13.2 Å². The highest BCUT2D eigenvalue weighted by Crippen LogP contribution is 2.44. The zero-order valence-corrected chi connectivity index (χ0v) is 27.8. The Labute approximate surface area is 273 Å². The highest BCUT2D eigenvalue weighted by Gasteiger charge is 2.33. The molecule has 0 aliphatic carbocycles.